The van der Waals surface area contributed by atoms with Gasteiger partial charge in [0.1, 0.15) is 18.1 Å². The van der Waals surface area contributed by atoms with Crippen LogP contribution in [0.25, 0.3) is 0 Å². The Bertz CT molecular complexity index is 436. The summed E-state index contributed by atoms with van der Waals surface area (Å²) in [6.45, 7) is 0.138. The molecule has 0 aromatic heterocycles. The van der Waals surface area contributed by atoms with Crippen LogP contribution in [0.4, 0.5) is 0 Å². The molecule has 18 heavy (non-hydrogen) atoms. The molecular formula is C13H15ClO3S. The predicted octanol–water partition coefficient (Wildman–Crippen LogP) is 3.14. The summed E-state index contributed by atoms with van der Waals surface area (Å²) >= 11 is 7.23. The highest BCUT2D eigenvalue weighted by Gasteiger charge is 2.25. The second-order valence-electron chi connectivity index (χ2n) is 4.01. The highest BCUT2D eigenvalue weighted by atomic mass is 35.5. The molecule has 1 unspecified atom stereocenters. The van der Waals surface area contributed by atoms with Crippen LogP contribution in [0.2, 0.25) is 0 Å². The second-order valence-corrected chi connectivity index (χ2v) is 5.63. The third-order valence-corrected chi connectivity index (χ3v) is 4.37. The minimum atomic E-state index is -0.0721. The molecule has 0 spiro atoms. The Balaban J connectivity index is 2.20. The Labute approximate surface area is 116 Å². The average molecular weight is 287 g/mol. The second kappa shape index (κ2) is 6.34. The molecule has 1 aromatic rings. The number of ether oxygens (including phenoxy) is 2. The lowest BCUT2D eigenvalue weighted by Crippen LogP contribution is -2.21. The molecule has 0 saturated heterocycles. The van der Waals surface area contributed by atoms with Crippen molar-refractivity contribution in [3.8, 4) is 11.5 Å². The molecule has 0 saturated carbocycles. The van der Waals surface area contributed by atoms with Crippen LogP contribution in [0.5, 0.6) is 11.5 Å². The molecule has 5 heteroatoms. The number of thioether (sulfide) groups is 1. The molecule has 2 rings (SSSR count). The summed E-state index contributed by atoms with van der Waals surface area (Å²) in [5.74, 6) is 2.23. The van der Waals surface area contributed by atoms with Crippen LogP contribution >= 0.6 is 23.4 Å². The van der Waals surface area contributed by atoms with Crippen LogP contribution in [-0.4, -0.2) is 30.6 Å². The number of ketones is 1. The maximum Gasteiger partial charge on any atom is 0.183 e. The van der Waals surface area contributed by atoms with Gasteiger partial charge in [-0.3, -0.25) is 4.79 Å². The Hall–Kier alpha value is -0.870. The monoisotopic (exact) mass is 286 g/mol. The largest absolute Gasteiger partial charge is 0.497 e. The summed E-state index contributed by atoms with van der Waals surface area (Å²) in [5.41, 5.74) is 0. The Morgan fingerprint density at radius 1 is 1.56 bits per heavy atom. The molecule has 1 aliphatic rings. The number of hydrogen-bond donors (Lipinski definition) is 0. The maximum absolute atomic E-state index is 11.9. The third kappa shape index (κ3) is 3.12. The van der Waals surface area contributed by atoms with E-state index in [-0.39, 0.29) is 17.6 Å². The Kier molecular flexibility index (Phi) is 4.78. The molecule has 0 fully saturated rings. The molecule has 0 aliphatic carbocycles. The van der Waals surface area contributed by atoms with Gasteiger partial charge >= 0.3 is 0 Å². The smallest absolute Gasteiger partial charge is 0.183 e. The average Bonchev–Trinajstić information content (AvgIpc) is 2.55. The van der Waals surface area contributed by atoms with Gasteiger partial charge in [0.15, 0.2) is 5.78 Å². The number of alkyl halides is 1. The van der Waals surface area contributed by atoms with Crippen molar-refractivity contribution in [2.75, 3.05) is 19.6 Å². The van der Waals surface area contributed by atoms with Crippen molar-refractivity contribution >= 4 is 29.1 Å². The first-order valence-electron chi connectivity index (χ1n) is 5.80. The molecule has 0 bridgehead atoms. The number of carbonyl (C=O) groups excluding carboxylic acids is 1. The quantitative estimate of drug-likeness (QED) is 0.797. The van der Waals surface area contributed by atoms with E-state index >= 15 is 0 Å². The SMILES string of the molecule is COc1ccc2c(c1)SC(CCCCl)C(=O)CO2. The van der Waals surface area contributed by atoms with Crippen LogP contribution in [0.1, 0.15) is 12.8 Å². The molecule has 1 atom stereocenters. The summed E-state index contributed by atoms with van der Waals surface area (Å²) in [6, 6.07) is 5.59. The number of rotatable bonds is 4. The fourth-order valence-corrected chi connectivity index (χ4v) is 3.14. The number of halogens is 1. The van der Waals surface area contributed by atoms with Crippen molar-refractivity contribution in [2.24, 2.45) is 0 Å². The van der Waals surface area contributed by atoms with Gasteiger partial charge in [-0.2, -0.15) is 0 Å². The molecule has 98 valence electrons. The van der Waals surface area contributed by atoms with E-state index in [2.05, 4.69) is 0 Å². The standard InChI is InChI=1S/C13H15ClO3S/c1-16-9-4-5-11-13(7-9)18-12(3-2-6-14)10(15)8-17-11/h4-5,7,12H,2-3,6,8H2,1H3. The van der Waals surface area contributed by atoms with Gasteiger partial charge in [-0.15, -0.1) is 23.4 Å². The lowest BCUT2D eigenvalue weighted by molar-refractivity contribution is -0.120. The summed E-state index contributed by atoms with van der Waals surface area (Å²) in [5, 5.41) is -0.0721. The van der Waals surface area contributed by atoms with Gasteiger partial charge in [0, 0.05) is 5.88 Å². The molecule has 0 N–H and O–H groups in total. The molecule has 1 aromatic carbocycles. The van der Waals surface area contributed by atoms with E-state index in [1.165, 1.54) is 0 Å². The van der Waals surface area contributed by atoms with E-state index < -0.39 is 0 Å². The van der Waals surface area contributed by atoms with E-state index in [0.29, 0.717) is 5.88 Å². The van der Waals surface area contributed by atoms with Crippen LogP contribution < -0.4 is 9.47 Å². The Morgan fingerprint density at radius 3 is 3.11 bits per heavy atom. The lowest BCUT2D eigenvalue weighted by Gasteiger charge is -2.11. The van der Waals surface area contributed by atoms with Gasteiger partial charge in [0.05, 0.1) is 17.3 Å². The Morgan fingerprint density at radius 2 is 2.39 bits per heavy atom. The zero-order chi connectivity index (χ0) is 13.0. The van der Waals surface area contributed by atoms with E-state index in [1.54, 1.807) is 18.9 Å². The van der Waals surface area contributed by atoms with Crippen LogP contribution in [0, 0.1) is 0 Å². The fraction of sp³-hybridized carbons (Fsp3) is 0.462. The zero-order valence-corrected chi connectivity index (χ0v) is 11.7. The first kappa shape index (κ1) is 13.6. The first-order valence-corrected chi connectivity index (χ1v) is 7.22. The lowest BCUT2D eigenvalue weighted by atomic mass is 10.2. The number of fused-ring (bicyclic) bond motifs is 1. The number of hydrogen-bond acceptors (Lipinski definition) is 4. The molecule has 1 aliphatic heterocycles. The van der Waals surface area contributed by atoms with E-state index in [1.807, 2.05) is 18.2 Å². The number of benzene rings is 1. The van der Waals surface area contributed by atoms with Crippen molar-refractivity contribution in [1.82, 2.24) is 0 Å². The number of Topliss-reactive ketones (excluding diaryl/α,β-unsaturated/α-hetero) is 1. The van der Waals surface area contributed by atoms with Gasteiger partial charge in [-0.25, -0.2) is 0 Å². The predicted molar refractivity (Wildman–Crippen MR) is 73.1 cm³/mol. The summed E-state index contributed by atoms with van der Waals surface area (Å²) in [6.07, 6.45) is 1.62. The van der Waals surface area contributed by atoms with Crippen LogP contribution in [-0.2, 0) is 4.79 Å². The van der Waals surface area contributed by atoms with E-state index in [0.717, 1.165) is 29.2 Å². The molecule has 0 amide bonds. The van der Waals surface area contributed by atoms with Gasteiger partial charge in [-0.05, 0) is 31.0 Å². The van der Waals surface area contributed by atoms with Crippen molar-refractivity contribution in [3.05, 3.63) is 18.2 Å². The maximum atomic E-state index is 11.9. The van der Waals surface area contributed by atoms with Gasteiger partial charge in [0.25, 0.3) is 0 Å². The van der Waals surface area contributed by atoms with Crippen molar-refractivity contribution in [3.63, 3.8) is 0 Å². The first-order chi connectivity index (χ1) is 8.74. The summed E-state index contributed by atoms with van der Waals surface area (Å²) in [4.78, 5) is 12.9. The van der Waals surface area contributed by atoms with Gasteiger partial charge in [-0.1, -0.05) is 0 Å². The molecule has 3 nitrogen and oxygen atoms in total. The third-order valence-electron chi connectivity index (χ3n) is 2.75. The minimum Gasteiger partial charge on any atom is -0.497 e. The summed E-state index contributed by atoms with van der Waals surface area (Å²) in [7, 11) is 1.63. The molecule has 0 radical (unpaired) electrons. The highest BCUT2D eigenvalue weighted by Crippen LogP contribution is 2.39. The topological polar surface area (TPSA) is 35.5 Å². The van der Waals surface area contributed by atoms with E-state index in [9.17, 15) is 4.79 Å². The normalized spacial score (nSPS) is 18.8. The van der Waals surface area contributed by atoms with Crippen molar-refractivity contribution in [2.45, 2.75) is 23.0 Å². The fourth-order valence-electron chi connectivity index (χ4n) is 1.77. The van der Waals surface area contributed by atoms with Gasteiger partial charge < -0.3 is 9.47 Å². The van der Waals surface area contributed by atoms with Crippen LogP contribution in [0.3, 0.4) is 0 Å². The molecular weight excluding hydrogens is 272 g/mol. The minimum absolute atomic E-state index is 0.0721. The van der Waals surface area contributed by atoms with Gasteiger partial charge in [0.2, 0.25) is 0 Å². The van der Waals surface area contributed by atoms with Crippen molar-refractivity contribution in [1.29, 1.82) is 0 Å². The number of methoxy groups -OCH3 is 1. The van der Waals surface area contributed by atoms with Crippen molar-refractivity contribution < 1.29 is 14.3 Å². The van der Waals surface area contributed by atoms with Crippen LogP contribution in [0.15, 0.2) is 23.1 Å². The molecule has 1 heterocycles. The summed E-state index contributed by atoms with van der Waals surface area (Å²) < 4.78 is 10.7. The van der Waals surface area contributed by atoms with E-state index in [4.69, 9.17) is 21.1 Å². The highest BCUT2D eigenvalue weighted by molar-refractivity contribution is 8.00. The zero-order valence-electron chi connectivity index (χ0n) is 10.1. The number of carbonyl (C=O) groups is 1.